The van der Waals surface area contributed by atoms with Crippen molar-refractivity contribution in [3.05, 3.63) is 66.7 Å². The summed E-state index contributed by atoms with van der Waals surface area (Å²) in [5.74, 6) is 1.28. The fourth-order valence-electron chi connectivity index (χ4n) is 3.81. The molecule has 1 fully saturated rings. The molecule has 1 unspecified atom stereocenters. The number of nitrogens with one attached hydrogen (secondary N) is 1. The van der Waals surface area contributed by atoms with Gasteiger partial charge in [-0.2, -0.15) is 5.26 Å². The van der Waals surface area contributed by atoms with E-state index in [-0.39, 0.29) is 6.04 Å². The highest BCUT2D eigenvalue weighted by Crippen LogP contribution is 2.31. The maximum atomic E-state index is 10.5. The number of imidazole rings is 1. The van der Waals surface area contributed by atoms with Crippen molar-refractivity contribution in [2.24, 2.45) is 5.92 Å². The molecule has 6 heteroatoms. The van der Waals surface area contributed by atoms with E-state index in [0.29, 0.717) is 11.5 Å². The number of hydrogen-bond acceptors (Lipinski definition) is 5. The summed E-state index contributed by atoms with van der Waals surface area (Å²) in [5, 5.41) is 23.1. The molecule has 0 aliphatic heterocycles. The third kappa shape index (κ3) is 3.69. The Bertz CT molecular complexity index is 946. The first-order valence-corrected chi connectivity index (χ1v) is 9.10. The van der Waals surface area contributed by atoms with Crippen LogP contribution >= 0.6 is 0 Å². The van der Waals surface area contributed by atoms with E-state index in [2.05, 4.69) is 38.1 Å². The summed E-state index contributed by atoms with van der Waals surface area (Å²) in [6, 6.07) is 14.0. The van der Waals surface area contributed by atoms with Crippen LogP contribution in [-0.4, -0.2) is 31.8 Å². The van der Waals surface area contributed by atoms with Crippen LogP contribution in [0.25, 0.3) is 11.4 Å². The van der Waals surface area contributed by atoms with Gasteiger partial charge >= 0.3 is 0 Å². The van der Waals surface area contributed by atoms with Gasteiger partial charge in [-0.05, 0) is 24.8 Å². The second-order valence-electron chi connectivity index (χ2n) is 6.96. The van der Waals surface area contributed by atoms with Gasteiger partial charge in [0.25, 0.3) is 0 Å². The molecule has 27 heavy (non-hydrogen) atoms. The quantitative estimate of drug-likeness (QED) is 0.731. The molecule has 1 aromatic carbocycles. The first kappa shape index (κ1) is 17.3. The monoisotopic (exact) mass is 359 g/mol. The van der Waals surface area contributed by atoms with Crippen LogP contribution in [0, 0.1) is 17.2 Å². The van der Waals surface area contributed by atoms with E-state index in [1.807, 2.05) is 30.6 Å². The Morgan fingerprint density at radius 2 is 2.04 bits per heavy atom. The molecular formula is C21H21N5O. The summed E-state index contributed by atoms with van der Waals surface area (Å²) in [5.41, 5.74) is 2.31. The number of pyridine rings is 1. The molecule has 2 aromatic heterocycles. The second-order valence-corrected chi connectivity index (χ2v) is 6.96. The Morgan fingerprint density at radius 1 is 1.19 bits per heavy atom. The van der Waals surface area contributed by atoms with Crippen molar-refractivity contribution in [1.82, 2.24) is 14.5 Å². The zero-order chi connectivity index (χ0) is 18.6. The van der Waals surface area contributed by atoms with Crippen LogP contribution in [0.2, 0.25) is 0 Å². The average molecular weight is 359 g/mol. The van der Waals surface area contributed by atoms with Crippen LogP contribution in [0.4, 0.5) is 5.69 Å². The minimum Gasteiger partial charge on any atom is -0.391 e. The van der Waals surface area contributed by atoms with E-state index >= 15 is 0 Å². The first-order valence-electron chi connectivity index (χ1n) is 9.10. The number of rotatable bonds is 5. The van der Waals surface area contributed by atoms with Crippen molar-refractivity contribution in [2.75, 3.05) is 5.32 Å². The fourth-order valence-corrected chi connectivity index (χ4v) is 3.81. The Morgan fingerprint density at radius 3 is 2.85 bits per heavy atom. The van der Waals surface area contributed by atoms with Crippen molar-refractivity contribution in [2.45, 2.75) is 31.5 Å². The Hall–Kier alpha value is -3.17. The third-order valence-electron chi connectivity index (χ3n) is 5.11. The number of nitriles is 1. The molecule has 6 nitrogen and oxygen atoms in total. The predicted molar refractivity (Wildman–Crippen MR) is 103 cm³/mol. The summed E-state index contributed by atoms with van der Waals surface area (Å²) in [6.45, 7) is 0.806. The SMILES string of the molecule is N#Cc1cnccc1N[C@@H]1CC(Cn2ccnc2-c2ccccc2)C[C@H]1O. The summed E-state index contributed by atoms with van der Waals surface area (Å²) >= 11 is 0. The lowest BCUT2D eigenvalue weighted by molar-refractivity contribution is 0.166. The Balaban J connectivity index is 1.46. The van der Waals surface area contributed by atoms with Gasteiger partial charge in [0.05, 0.1) is 23.4 Å². The van der Waals surface area contributed by atoms with E-state index in [0.717, 1.165) is 36.5 Å². The van der Waals surface area contributed by atoms with E-state index in [9.17, 15) is 10.4 Å². The number of aliphatic hydroxyl groups is 1. The van der Waals surface area contributed by atoms with Crippen LogP contribution in [0.5, 0.6) is 0 Å². The molecule has 3 aromatic rings. The first-order chi connectivity index (χ1) is 13.2. The van der Waals surface area contributed by atoms with Crippen LogP contribution in [0.15, 0.2) is 61.2 Å². The maximum absolute atomic E-state index is 10.5. The van der Waals surface area contributed by atoms with E-state index < -0.39 is 6.10 Å². The predicted octanol–water partition coefficient (Wildman–Crippen LogP) is 3.07. The largest absolute Gasteiger partial charge is 0.391 e. The maximum Gasteiger partial charge on any atom is 0.139 e. The highest BCUT2D eigenvalue weighted by Gasteiger charge is 2.33. The standard InChI is InChI=1S/C21H21N5O/c22-12-17-13-23-7-6-18(17)25-19-10-15(11-20(19)27)14-26-9-8-24-21(26)16-4-2-1-3-5-16/h1-9,13,15,19-20,27H,10-11,14H2,(H,23,25)/t15?,19-,20-/m1/s1. The average Bonchev–Trinajstić information content (AvgIpc) is 3.30. The van der Waals surface area contributed by atoms with Gasteiger partial charge in [0.2, 0.25) is 0 Å². The fraction of sp³-hybridized carbons (Fsp3) is 0.286. The summed E-state index contributed by atoms with van der Waals surface area (Å²) < 4.78 is 2.16. The summed E-state index contributed by atoms with van der Waals surface area (Å²) in [4.78, 5) is 8.48. The summed E-state index contributed by atoms with van der Waals surface area (Å²) in [6.07, 6.45) is 8.11. The van der Waals surface area contributed by atoms with Crippen LogP contribution < -0.4 is 5.32 Å². The zero-order valence-electron chi connectivity index (χ0n) is 14.9. The molecule has 0 saturated heterocycles. The number of benzene rings is 1. The van der Waals surface area contributed by atoms with E-state index in [4.69, 9.17) is 0 Å². The minimum atomic E-state index is -0.446. The smallest absolute Gasteiger partial charge is 0.139 e. The molecular weight excluding hydrogens is 338 g/mol. The van der Waals surface area contributed by atoms with Crippen LogP contribution in [0.1, 0.15) is 18.4 Å². The molecule has 0 radical (unpaired) electrons. The lowest BCUT2D eigenvalue weighted by Crippen LogP contribution is -2.28. The zero-order valence-corrected chi connectivity index (χ0v) is 14.9. The van der Waals surface area contributed by atoms with Crippen molar-refractivity contribution in [3.63, 3.8) is 0 Å². The lowest BCUT2D eigenvalue weighted by Gasteiger charge is -2.18. The van der Waals surface area contributed by atoms with Gasteiger partial charge < -0.3 is 15.0 Å². The molecule has 0 bridgehead atoms. The molecule has 1 aliphatic rings. The highest BCUT2D eigenvalue weighted by atomic mass is 16.3. The second kappa shape index (κ2) is 7.60. The van der Waals surface area contributed by atoms with E-state index in [1.54, 1.807) is 18.5 Å². The number of aromatic nitrogens is 3. The molecule has 1 saturated carbocycles. The number of hydrogen-bond donors (Lipinski definition) is 2. The molecule has 0 amide bonds. The van der Waals surface area contributed by atoms with Crippen molar-refractivity contribution >= 4 is 5.69 Å². The van der Waals surface area contributed by atoms with E-state index in [1.165, 1.54) is 0 Å². The normalized spacial score (nSPS) is 21.7. The summed E-state index contributed by atoms with van der Waals surface area (Å²) in [7, 11) is 0. The van der Waals surface area contributed by atoms with Gasteiger partial charge in [-0.25, -0.2) is 4.98 Å². The number of nitrogens with zero attached hydrogens (tertiary/aromatic N) is 4. The molecule has 2 N–H and O–H groups in total. The number of anilines is 1. The Labute approximate surface area is 158 Å². The number of aliphatic hydroxyl groups excluding tert-OH is 1. The van der Waals surface area contributed by atoms with Crippen molar-refractivity contribution in [1.29, 1.82) is 5.26 Å². The lowest BCUT2D eigenvalue weighted by atomic mass is 10.1. The highest BCUT2D eigenvalue weighted by molar-refractivity contribution is 5.57. The Kier molecular flexibility index (Phi) is 4.86. The molecule has 2 heterocycles. The molecule has 1 aliphatic carbocycles. The van der Waals surface area contributed by atoms with Gasteiger partial charge in [-0.15, -0.1) is 0 Å². The van der Waals surface area contributed by atoms with Gasteiger partial charge in [0.1, 0.15) is 11.9 Å². The minimum absolute atomic E-state index is 0.0757. The molecule has 4 rings (SSSR count). The van der Waals surface area contributed by atoms with Gasteiger partial charge in [-0.3, -0.25) is 4.98 Å². The molecule has 3 atom stereocenters. The van der Waals surface area contributed by atoms with Crippen molar-refractivity contribution < 1.29 is 5.11 Å². The van der Waals surface area contributed by atoms with Gasteiger partial charge in [0.15, 0.2) is 0 Å². The van der Waals surface area contributed by atoms with Crippen LogP contribution in [0.3, 0.4) is 0 Å². The van der Waals surface area contributed by atoms with Crippen molar-refractivity contribution in [3.8, 4) is 17.5 Å². The molecule has 136 valence electrons. The van der Waals surface area contributed by atoms with Crippen LogP contribution in [-0.2, 0) is 6.54 Å². The van der Waals surface area contributed by atoms with Gasteiger partial charge in [0, 0.05) is 36.9 Å². The third-order valence-corrected chi connectivity index (χ3v) is 5.11. The topological polar surface area (TPSA) is 86.8 Å². The molecule has 0 spiro atoms. The van der Waals surface area contributed by atoms with Gasteiger partial charge in [-0.1, -0.05) is 30.3 Å².